The predicted octanol–water partition coefficient (Wildman–Crippen LogP) is 3.04. The van der Waals surface area contributed by atoms with Gasteiger partial charge in [-0.05, 0) is 37.1 Å². The van der Waals surface area contributed by atoms with Gasteiger partial charge in [0.15, 0.2) is 6.61 Å². The number of benzene rings is 2. The van der Waals surface area contributed by atoms with Crippen molar-refractivity contribution in [3.63, 3.8) is 0 Å². The number of ether oxygens (including phenoxy) is 1. The van der Waals surface area contributed by atoms with Crippen molar-refractivity contribution in [2.45, 2.75) is 20.4 Å². The van der Waals surface area contributed by atoms with Gasteiger partial charge in [-0.1, -0.05) is 54.1 Å². The highest BCUT2D eigenvalue weighted by molar-refractivity contribution is 6.33. The monoisotopic (exact) mass is 412 g/mol. The Balaban J connectivity index is 1.57. The van der Waals surface area contributed by atoms with E-state index in [0.29, 0.717) is 18.0 Å². The minimum Gasteiger partial charge on any atom is -0.484 e. The molecule has 2 N–H and O–H groups in total. The molecule has 1 heterocycles. The average molecular weight is 413 g/mol. The average Bonchev–Trinajstić information content (AvgIpc) is 2.98. The number of nitrogens with zero attached hydrogens (tertiary/aromatic N) is 2. The zero-order chi connectivity index (χ0) is 20.8. The van der Waals surface area contributed by atoms with E-state index >= 15 is 0 Å². The highest BCUT2D eigenvalue weighted by Gasteiger charge is 2.21. The minimum atomic E-state index is -0.546. The van der Waals surface area contributed by atoms with Crippen LogP contribution < -0.4 is 15.6 Å². The SMILES string of the molecule is Cc1cccc(OCC(=O)NNC(=O)c2c(C)nn(Cc3ccccc3)c2Cl)c1. The van der Waals surface area contributed by atoms with Gasteiger partial charge < -0.3 is 4.74 Å². The maximum absolute atomic E-state index is 12.5. The fraction of sp³-hybridized carbons (Fsp3) is 0.190. The molecule has 0 fully saturated rings. The van der Waals surface area contributed by atoms with Crippen LogP contribution in [-0.2, 0) is 11.3 Å². The second-order valence-corrected chi connectivity index (χ2v) is 6.86. The first kappa shape index (κ1) is 20.4. The number of halogens is 1. The second-order valence-electron chi connectivity index (χ2n) is 6.50. The molecule has 0 aliphatic carbocycles. The molecule has 3 aromatic rings. The first-order valence-electron chi connectivity index (χ1n) is 8.99. The van der Waals surface area contributed by atoms with Gasteiger partial charge in [0.05, 0.1) is 12.2 Å². The Morgan fingerprint density at radius 3 is 2.55 bits per heavy atom. The standard InChI is InChI=1S/C21H21ClN4O3/c1-14-7-6-10-17(11-14)29-13-18(27)23-24-21(28)19-15(2)25-26(20(19)22)12-16-8-4-3-5-9-16/h3-11H,12-13H2,1-2H3,(H,23,27)(H,24,28). The first-order chi connectivity index (χ1) is 13.9. The van der Waals surface area contributed by atoms with Gasteiger partial charge in [0.25, 0.3) is 11.8 Å². The molecule has 0 bridgehead atoms. The van der Waals surface area contributed by atoms with Crippen molar-refractivity contribution in [3.05, 3.63) is 82.1 Å². The number of hydrogen-bond donors (Lipinski definition) is 2. The number of carbonyl (C=O) groups is 2. The maximum atomic E-state index is 12.5. The number of hydrogen-bond acceptors (Lipinski definition) is 4. The van der Waals surface area contributed by atoms with Crippen LogP contribution in [0.25, 0.3) is 0 Å². The van der Waals surface area contributed by atoms with Crippen LogP contribution in [0, 0.1) is 13.8 Å². The largest absolute Gasteiger partial charge is 0.484 e. The van der Waals surface area contributed by atoms with E-state index in [0.717, 1.165) is 11.1 Å². The molecule has 2 amide bonds. The Morgan fingerprint density at radius 1 is 1.07 bits per heavy atom. The summed E-state index contributed by atoms with van der Waals surface area (Å²) in [6.07, 6.45) is 0. The molecule has 7 nitrogen and oxygen atoms in total. The summed E-state index contributed by atoms with van der Waals surface area (Å²) in [5.74, 6) is -0.464. The van der Waals surface area contributed by atoms with E-state index in [4.69, 9.17) is 16.3 Å². The normalized spacial score (nSPS) is 10.4. The van der Waals surface area contributed by atoms with Gasteiger partial charge in [-0.25, -0.2) is 4.68 Å². The van der Waals surface area contributed by atoms with Gasteiger partial charge in [0.2, 0.25) is 0 Å². The smallest absolute Gasteiger partial charge is 0.276 e. The molecule has 0 aliphatic rings. The summed E-state index contributed by atoms with van der Waals surface area (Å²) in [6, 6.07) is 17.0. The van der Waals surface area contributed by atoms with Crippen molar-refractivity contribution in [2.75, 3.05) is 6.61 Å². The number of aryl methyl sites for hydroxylation is 2. The molecule has 29 heavy (non-hydrogen) atoms. The minimum absolute atomic E-state index is 0.203. The fourth-order valence-corrected chi connectivity index (χ4v) is 3.07. The van der Waals surface area contributed by atoms with E-state index in [1.807, 2.05) is 55.5 Å². The zero-order valence-corrected chi connectivity index (χ0v) is 16.9. The highest BCUT2D eigenvalue weighted by atomic mass is 35.5. The third-order valence-corrected chi connectivity index (χ3v) is 4.53. The molecule has 150 valence electrons. The molecule has 0 atom stereocenters. The van der Waals surface area contributed by atoms with Gasteiger partial charge in [0.1, 0.15) is 16.5 Å². The van der Waals surface area contributed by atoms with Crippen LogP contribution >= 0.6 is 11.6 Å². The predicted molar refractivity (Wildman–Crippen MR) is 110 cm³/mol. The molecule has 8 heteroatoms. The summed E-state index contributed by atoms with van der Waals surface area (Å²) in [7, 11) is 0. The van der Waals surface area contributed by atoms with E-state index < -0.39 is 11.8 Å². The van der Waals surface area contributed by atoms with E-state index in [2.05, 4.69) is 16.0 Å². The van der Waals surface area contributed by atoms with Gasteiger partial charge in [-0.2, -0.15) is 5.10 Å². The summed E-state index contributed by atoms with van der Waals surface area (Å²) in [5.41, 5.74) is 7.37. The van der Waals surface area contributed by atoms with E-state index in [1.54, 1.807) is 17.7 Å². The zero-order valence-electron chi connectivity index (χ0n) is 16.1. The summed E-state index contributed by atoms with van der Waals surface area (Å²) in [6.45, 7) is 3.82. The Labute approximate surface area is 173 Å². The molecule has 0 spiro atoms. The summed E-state index contributed by atoms with van der Waals surface area (Å²) < 4.78 is 6.94. The number of carbonyl (C=O) groups excluding carboxylic acids is 2. The quantitative estimate of drug-likeness (QED) is 0.609. The van der Waals surface area contributed by atoms with Crippen molar-refractivity contribution in [1.29, 1.82) is 0 Å². The van der Waals surface area contributed by atoms with Crippen LogP contribution in [0.2, 0.25) is 5.15 Å². The second kappa shape index (κ2) is 9.25. The topological polar surface area (TPSA) is 85.2 Å². The van der Waals surface area contributed by atoms with Crippen LogP contribution in [-0.4, -0.2) is 28.2 Å². The number of aromatic nitrogens is 2. The number of rotatable bonds is 6. The Kier molecular flexibility index (Phi) is 6.51. The third-order valence-electron chi connectivity index (χ3n) is 4.14. The van der Waals surface area contributed by atoms with Gasteiger partial charge in [-0.15, -0.1) is 0 Å². The van der Waals surface area contributed by atoms with Gasteiger partial charge in [0, 0.05) is 0 Å². The Morgan fingerprint density at radius 2 is 1.83 bits per heavy atom. The fourth-order valence-electron chi connectivity index (χ4n) is 2.75. The molecule has 3 rings (SSSR count). The Bertz CT molecular complexity index is 1020. The van der Waals surface area contributed by atoms with Crippen molar-refractivity contribution in [2.24, 2.45) is 0 Å². The molecular weight excluding hydrogens is 392 g/mol. The van der Waals surface area contributed by atoms with Crippen molar-refractivity contribution >= 4 is 23.4 Å². The lowest BCUT2D eigenvalue weighted by atomic mass is 10.2. The van der Waals surface area contributed by atoms with E-state index in [9.17, 15) is 9.59 Å². The molecule has 2 aromatic carbocycles. The number of amides is 2. The maximum Gasteiger partial charge on any atom is 0.276 e. The van der Waals surface area contributed by atoms with Crippen LogP contribution in [0.5, 0.6) is 5.75 Å². The first-order valence-corrected chi connectivity index (χ1v) is 9.37. The summed E-state index contributed by atoms with van der Waals surface area (Å²) >= 11 is 6.35. The Hall–Kier alpha value is -3.32. The van der Waals surface area contributed by atoms with E-state index in [1.165, 1.54) is 0 Å². The summed E-state index contributed by atoms with van der Waals surface area (Å²) in [4.78, 5) is 24.4. The molecule has 1 aromatic heterocycles. The van der Waals surface area contributed by atoms with E-state index in [-0.39, 0.29) is 17.3 Å². The molecule has 0 saturated carbocycles. The van der Waals surface area contributed by atoms with Crippen LogP contribution in [0.4, 0.5) is 0 Å². The molecule has 0 unspecified atom stereocenters. The molecular formula is C21H21ClN4O3. The lowest BCUT2D eigenvalue weighted by Gasteiger charge is -2.09. The third kappa shape index (κ3) is 5.36. The molecule has 0 aliphatic heterocycles. The molecule has 0 radical (unpaired) electrons. The number of nitrogens with one attached hydrogen (secondary N) is 2. The van der Waals surface area contributed by atoms with Crippen LogP contribution in [0.3, 0.4) is 0 Å². The van der Waals surface area contributed by atoms with Crippen LogP contribution in [0.1, 0.15) is 27.2 Å². The summed E-state index contributed by atoms with van der Waals surface area (Å²) in [5, 5.41) is 4.53. The lowest BCUT2D eigenvalue weighted by molar-refractivity contribution is -0.123. The van der Waals surface area contributed by atoms with Crippen molar-refractivity contribution in [1.82, 2.24) is 20.6 Å². The van der Waals surface area contributed by atoms with Crippen molar-refractivity contribution < 1.29 is 14.3 Å². The molecule has 0 saturated heterocycles. The highest BCUT2D eigenvalue weighted by Crippen LogP contribution is 2.20. The van der Waals surface area contributed by atoms with Crippen LogP contribution in [0.15, 0.2) is 54.6 Å². The van der Waals surface area contributed by atoms with Gasteiger partial charge >= 0.3 is 0 Å². The van der Waals surface area contributed by atoms with Gasteiger partial charge in [-0.3, -0.25) is 20.4 Å². The number of hydrazine groups is 1. The lowest BCUT2D eigenvalue weighted by Crippen LogP contribution is -2.44. The van der Waals surface area contributed by atoms with Crippen molar-refractivity contribution in [3.8, 4) is 5.75 Å².